The van der Waals surface area contributed by atoms with Crippen LogP contribution in [0.2, 0.25) is 5.02 Å². The number of hydrogen-bond donors (Lipinski definition) is 2. The molecule has 0 atom stereocenters. The lowest BCUT2D eigenvalue weighted by atomic mass is 10.1. The van der Waals surface area contributed by atoms with Crippen molar-refractivity contribution in [2.24, 2.45) is 10.7 Å². The van der Waals surface area contributed by atoms with E-state index < -0.39 is 5.82 Å². The van der Waals surface area contributed by atoms with E-state index in [9.17, 15) is 9.18 Å². The molecule has 24 heavy (non-hydrogen) atoms. The Morgan fingerprint density at radius 2 is 2.00 bits per heavy atom. The Bertz CT molecular complexity index is 767. The first kappa shape index (κ1) is 18.3. The second-order valence-electron chi connectivity index (χ2n) is 4.96. The van der Waals surface area contributed by atoms with Crippen LogP contribution in [-0.4, -0.2) is 18.1 Å². The van der Waals surface area contributed by atoms with Gasteiger partial charge in [-0.1, -0.05) is 47.6 Å². The molecule has 0 aromatic heterocycles. The third-order valence-electron chi connectivity index (χ3n) is 3.27. The smallest absolute Gasteiger partial charge is 0.224 e. The highest BCUT2D eigenvalue weighted by Crippen LogP contribution is 2.23. The molecule has 0 saturated heterocycles. The highest BCUT2D eigenvalue weighted by atomic mass is 35.5. The van der Waals surface area contributed by atoms with Gasteiger partial charge in [0.2, 0.25) is 5.91 Å². The molecule has 1 amide bonds. The Morgan fingerprint density at radius 1 is 1.29 bits per heavy atom. The fourth-order valence-electron chi connectivity index (χ4n) is 2.00. The van der Waals surface area contributed by atoms with E-state index in [-0.39, 0.29) is 10.9 Å². The van der Waals surface area contributed by atoms with E-state index in [4.69, 9.17) is 17.3 Å². The van der Waals surface area contributed by atoms with Crippen molar-refractivity contribution in [2.45, 2.75) is 12.2 Å². The molecule has 126 valence electrons. The zero-order valence-electron chi connectivity index (χ0n) is 13.1. The molecule has 0 fully saturated rings. The average molecular weight is 366 g/mol. The summed E-state index contributed by atoms with van der Waals surface area (Å²) in [7, 11) is 1.61. The second kappa shape index (κ2) is 8.70. The zero-order chi connectivity index (χ0) is 17.5. The van der Waals surface area contributed by atoms with Gasteiger partial charge in [-0.2, -0.15) is 0 Å². The van der Waals surface area contributed by atoms with Crippen LogP contribution in [0.1, 0.15) is 11.1 Å². The SMILES string of the molecule is CNC(=O)Cc1ccccc1CSC(N)=Nc1ccc(F)c(Cl)c1. The Hall–Kier alpha value is -2.05. The number of rotatable bonds is 5. The first-order chi connectivity index (χ1) is 11.5. The molecule has 2 aromatic rings. The maximum absolute atomic E-state index is 13.1. The number of nitrogens with two attached hydrogens (primary N) is 1. The average Bonchev–Trinajstić information content (AvgIpc) is 2.57. The van der Waals surface area contributed by atoms with Crippen molar-refractivity contribution in [3.63, 3.8) is 0 Å². The number of hydrogen-bond acceptors (Lipinski definition) is 3. The fraction of sp³-hybridized carbons (Fsp3) is 0.176. The van der Waals surface area contributed by atoms with Crippen molar-refractivity contribution in [3.8, 4) is 0 Å². The molecule has 3 N–H and O–H groups in total. The lowest BCUT2D eigenvalue weighted by Crippen LogP contribution is -2.20. The Kier molecular flexibility index (Phi) is 6.63. The molecule has 0 aliphatic carbocycles. The van der Waals surface area contributed by atoms with Crippen LogP contribution in [0.5, 0.6) is 0 Å². The van der Waals surface area contributed by atoms with E-state index >= 15 is 0 Å². The topological polar surface area (TPSA) is 67.5 Å². The number of carbonyl (C=O) groups is 1. The lowest BCUT2D eigenvalue weighted by Gasteiger charge is -2.08. The molecule has 0 aliphatic heterocycles. The van der Waals surface area contributed by atoms with Crippen LogP contribution < -0.4 is 11.1 Å². The molecule has 2 aromatic carbocycles. The number of aliphatic imine (C=N–C) groups is 1. The summed E-state index contributed by atoms with van der Waals surface area (Å²) in [5.41, 5.74) is 8.37. The van der Waals surface area contributed by atoms with E-state index in [1.54, 1.807) is 7.05 Å². The maximum Gasteiger partial charge on any atom is 0.224 e. The summed E-state index contributed by atoms with van der Waals surface area (Å²) in [6.07, 6.45) is 0.317. The van der Waals surface area contributed by atoms with Crippen LogP contribution in [0.25, 0.3) is 0 Å². The van der Waals surface area contributed by atoms with Crippen molar-refractivity contribution in [3.05, 3.63) is 64.4 Å². The first-order valence-electron chi connectivity index (χ1n) is 7.19. The zero-order valence-corrected chi connectivity index (χ0v) is 14.6. The number of halogens is 2. The van der Waals surface area contributed by atoms with E-state index in [0.29, 0.717) is 23.0 Å². The summed E-state index contributed by atoms with van der Waals surface area (Å²) < 4.78 is 13.1. The molecule has 0 aliphatic rings. The van der Waals surface area contributed by atoms with Crippen molar-refractivity contribution in [1.82, 2.24) is 5.32 Å². The van der Waals surface area contributed by atoms with Crippen LogP contribution in [0.4, 0.5) is 10.1 Å². The van der Waals surface area contributed by atoms with Crippen molar-refractivity contribution in [2.75, 3.05) is 7.05 Å². The standard InChI is InChI=1S/C17H17ClFN3OS/c1-21-16(23)8-11-4-2-3-5-12(11)10-24-17(20)22-13-6-7-15(19)14(18)9-13/h2-7,9H,8,10H2,1H3,(H2,20,22)(H,21,23). The number of amides is 1. The molecular weight excluding hydrogens is 349 g/mol. The second-order valence-corrected chi connectivity index (χ2v) is 6.36. The summed E-state index contributed by atoms with van der Waals surface area (Å²) >= 11 is 7.07. The summed E-state index contributed by atoms with van der Waals surface area (Å²) in [5.74, 6) is 0.0391. The monoisotopic (exact) mass is 365 g/mol. The molecule has 0 saturated carbocycles. The number of likely N-dealkylation sites (N-methyl/N-ethyl adjacent to an activating group) is 1. The molecular formula is C17H17ClFN3OS. The predicted molar refractivity (Wildman–Crippen MR) is 98.2 cm³/mol. The van der Waals surface area contributed by atoms with Gasteiger partial charge >= 0.3 is 0 Å². The fourth-order valence-corrected chi connectivity index (χ4v) is 2.93. The quantitative estimate of drug-likeness (QED) is 0.627. The molecule has 0 spiro atoms. The van der Waals surface area contributed by atoms with E-state index in [0.717, 1.165) is 11.1 Å². The first-order valence-corrected chi connectivity index (χ1v) is 8.55. The van der Waals surface area contributed by atoms with Crippen LogP contribution in [0, 0.1) is 5.82 Å². The highest BCUT2D eigenvalue weighted by Gasteiger charge is 2.08. The van der Waals surface area contributed by atoms with E-state index in [2.05, 4.69) is 10.3 Å². The van der Waals surface area contributed by atoms with Crippen molar-refractivity contribution >= 4 is 40.1 Å². The molecule has 4 nitrogen and oxygen atoms in total. The molecule has 7 heteroatoms. The Labute approximate surface area is 149 Å². The third-order valence-corrected chi connectivity index (χ3v) is 4.40. The molecule has 0 bridgehead atoms. The van der Waals surface area contributed by atoms with Crippen molar-refractivity contribution in [1.29, 1.82) is 0 Å². The van der Waals surface area contributed by atoms with Gasteiger partial charge in [0, 0.05) is 12.8 Å². The van der Waals surface area contributed by atoms with E-state index in [1.807, 2.05) is 24.3 Å². The van der Waals surface area contributed by atoms with Crippen LogP contribution in [-0.2, 0) is 17.0 Å². The molecule has 0 heterocycles. The molecule has 0 radical (unpaired) electrons. The molecule has 2 rings (SSSR count). The van der Waals surface area contributed by atoms with E-state index in [1.165, 1.54) is 30.0 Å². The predicted octanol–water partition coefficient (Wildman–Crippen LogP) is 3.65. The molecule has 0 unspecified atom stereocenters. The number of nitrogens with zero attached hydrogens (tertiary/aromatic N) is 1. The van der Waals surface area contributed by atoms with Gasteiger partial charge in [0.25, 0.3) is 0 Å². The number of nitrogens with one attached hydrogen (secondary N) is 1. The van der Waals surface area contributed by atoms with Crippen LogP contribution in [0.15, 0.2) is 47.5 Å². The van der Waals surface area contributed by atoms with Crippen LogP contribution >= 0.6 is 23.4 Å². The normalized spacial score (nSPS) is 11.4. The summed E-state index contributed by atoms with van der Waals surface area (Å²) in [6.45, 7) is 0. The maximum atomic E-state index is 13.1. The Morgan fingerprint density at radius 3 is 2.67 bits per heavy atom. The third kappa shape index (κ3) is 5.25. The largest absolute Gasteiger partial charge is 0.378 e. The number of thioether (sulfide) groups is 1. The summed E-state index contributed by atoms with van der Waals surface area (Å²) in [4.78, 5) is 15.8. The summed E-state index contributed by atoms with van der Waals surface area (Å²) in [5, 5.41) is 2.96. The number of carbonyl (C=O) groups excluding carboxylic acids is 1. The number of amidine groups is 1. The minimum absolute atomic E-state index is 0.00461. The number of benzene rings is 2. The lowest BCUT2D eigenvalue weighted by molar-refractivity contribution is -0.119. The van der Waals surface area contributed by atoms with Gasteiger partial charge in [-0.25, -0.2) is 9.38 Å². The van der Waals surface area contributed by atoms with Crippen LogP contribution in [0.3, 0.4) is 0 Å². The van der Waals surface area contributed by atoms with Gasteiger partial charge in [-0.05, 0) is 29.3 Å². The Balaban J connectivity index is 2.06. The van der Waals surface area contributed by atoms with Gasteiger partial charge in [-0.3, -0.25) is 4.79 Å². The van der Waals surface area contributed by atoms with Gasteiger partial charge < -0.3 is 11.1 Å². The van der Waals surface area contributed by atoms with Gasteiger partial charge in [0.15, 0.2) is 5.17 Å². The minimum atomic E-state index is -0.495. The summed E-state index contributed by atoms with van der Waals surface area (Å²) in [6, 6.07) is 11.8. The van der Waals surface area contributed by atoms with Gasteiger partial charge in [0.1, 0.15) is 5.82 Å². The van der Waals surface area contributed by atoms with Gasteiger partial charge in [-0.15, -0.1) is 0 Å². The highest BCUT2D eigenvalue weighted by molar-refractivity contribution is 8.13. The van der Waals surface area contributed by atoms with Gasteiger partial charge in [0.05, 0.1) is 17.1 Å². The minimum Gasteiger partial charge on any atom is -0.378 e. The van der Waals surface area contributed by atoms with Crippen molar-refractivity contribution < 1.29 is 9.18 Å².